The molecule has 1 aliphatic rings. The molecule has 222 valence electrons. The van der Waals surface area contributed by atoms with Gasteiger partial charge in [0.2, 0.25) is 0 Å². The molecule has 1 atom stereocenters. The van der Waals surface area contributed by atoms with Crippen LogP contribution in [0.1, 0.15) is 47.1 Å². The fourth-order valence-electron chi connectivity index (χ4n) is 4.88. The third-order valence-corrected chi connectivity index (χ3v) is 7.82. The lowest BCUT2D eigenvalue weighted by Crippen LogP contribution is -2.39. The lowest BCUT2D eigenvalue weighted by molar-refractivity contribution is -0.136. The van der Waals surface area contributed by atoms with Crippen LogP contribution in [0.4, 0.5) is 0 Å². The molecule has 2 aromatic heterocycles. The number of carbonyl (C=O) groups excluding carboxylic acids is 2. The van der Waals surface area contributed by atoms with Gasteiger partial charge in [-0.3, -0.25) is 9.36 Å². The minimum Gasteiger partial charge on any atom is -0.490 e. The van der Waals surface area contributed by atoms with E-state index in [0.717, 1.165) is 11.1 Å². The third kappa shape index (κ3) is 5.76. The van der Waals surface area contributed by atoms with Crippen molar-refractivity contribution in [3.8, 4) is 22.8 Å². The number of hydrogen-bond acceptors (Lipinski definition) is 10. The summed E-state index contributed by atoms with van der Waals surface area (Å²) in [6.07, 6.45) is 3.09. The molecule has 11 heteroatoms. The molecule has 43 heavy (non-hydrogen) atoms. The highest BCUT2D eigenvalue weighted by Gasteiger charge is 2.31. The van der Waals surface area contributed by atoms with Gasteiger partial charge in [0.25, 0.3) is 5.56 Å². The fourth-order valence-corrected chi connectivity index (χ4v) is 5.83. The number of aryl methyl sites for hydroxylation is 1. The number of thiazole rings is 1. The second-order valence-electron chi connectivity index (χ2n) is 9.47. The van der Waals surface area contributed by atoms with Crippen LogP contribution in [0.3, 0.4) is 0 Å². The minimum atomic E-state index is -0.802. The molecule has 0 fully saturated rings. The average Bonchev–Trinajstić information content (AvgIpc) is 3.61. The number of furan rings is 1. The first-order valence-electron chi connectivity index (χ1n) is 13.6. The van der Waals surface area contributed by atoms with Crippen LogP contribution in [0, 0.1) is 6.92 Å². The molecule has 0 N–H and O–H groups in total. The molecular formula is C32H30N2O8S. The molecule has 5 rings (SSSR count). The summed E-state index contributed by atoms with van der Waals surface area (Å²) in [5, 5.41) is 0. The normalized spacial score (nSPS) is 14.4. The summed E-state index contributed by atoms with van der Waals surface area (Å²) in [5.41, 5.74) is 2.58. The number of fused-ring (bicyclic) bond motifs is 1. The maximum Gasteiger partial charge on any atom is 0.337 e. The molecule has 0 amide bonds. The van der Waals surface area contributed by atoms with Gasteiger partial charge in [-0.1, -0.05) is 23.5 Å². The summed E-state index contributed by atoms with van der Waals surface area (Å²) in [4.78, 5) is 43.4. The van der Waals surface area contributed by atoms with Crippen molar-refractivity contribution >= 4 is 29.4 Å². The van der Waals surface area contributed by atoms with Crippen LogP contribution in [-0.4, -0.2) is 43.9 Å². The Balaban J connectivity index is 1.57. The largest absolute Gasteiger partial charge is 0.490 e. The Bertz CT molecular complexity index is 1910. The van der Waals surface area contributed by atoms with Crippen LogP contribution in [0.5, 0.6) is 11.5 Å². The Morgan fingerprint density at radius 1 is 0.977 bits per heavy atom. The van der Waals surface area contributed by atoms with Crippen LogP contribution >= 0.6 is 11.3 Å². The lowest BCUT2D eigenvalue weighted by atomic mass is 9.97. The number of benzene rings is 2. The molecule has 3 heterocycles. The molecular weight excluding hydrogens is 572 g/mol. The number of carbonyl (C=O) groups is 2. The van der Waals surface area contributed by atoms with Crippen LogP contribution in [0.15, 0.2) is 74.5 Å². The van der Waals surface area contributed by atoms with Crippen molar-refractivity contribution < 1.29 is 33.0 Å². The molecule has 0 saturated heterocycles. The standard InChI is InChI=1S/C32H30N2O8S/c1-6-40-25-12-9-19(15-26(25)41-7-2)28-23(31(37)39-5)17-33-32-34(28)29(35)27(43-32)16-21-10-13-24(42-21)22-11-8-20(14-18(22)3)30(36)38-4/h8-17,28H,6-7H2,1-5H3/b27-16-/t28-/m0/s1. The third-order valence-electron chi connectivity index (χ3n) is 6.82. The summed E-state index contributed by atoms with van der Waals surface area (Å²) in [6, 6.07) is 13.3. The molecule has 0 bridgehead atoms. The van der Waals surface area contributed by atoms with E-state index >= 15 is 0 Å². The first-order valence-corrected chi connectivity index (χ1v) is 14.4. The number of esters is 2. The second kappa shape index (κ2) is 12.5. The van der Waals surface area contributed by atoms with Gasteiger partial charge in [-0.15, -0.1) is 0 Å². The Morgan fingerprint density at radius 2 is 1.72 bits per heavy atom. The lowest BCUT2D eigenvalue weighted by Gasteiger charge is -2.23. The van der Waals surface area contributed by atoms with E-state index in [0.29, 0.717) is 56.7 Å². The van der Waals surface area contributed by atoms with Gasteiger partial charge in [0, 0.05) is 17.8 Å². The Labute approximate surface area is 251 Å². The first kappa shape index (κ1) is 29.6. The van der Waals surface area contributed by atoms with Crippen molar-refractivity contribution in [2.24, 2.45) is 4.99 Å². The zero-order valence-corrected chi connectivity index (χ0v) is 25.2. The molecule has 0 radical (unpaired) electrons. The quantitative estimate of drug-likeness (QED) is 0.262. The molecule has 10 nitrogen and oxygen atoms in total. The maximum atomic E-state index is 13.9. The van der Waals surface area contributed by atoms with Gasteiger partial charge in [-0.25, -0.2) is 14.6 Å². The first-order chi connectivity index (χ1) is 20.8. The molecule has 2 aromatic carbocycles. The zero-order chi connectivity index (χ0) is 30.7. The van der Waals surface area contributed by atoms with Crippen molar-refractivity contribution in [3.63, 3.8) is 0 Å². The van der Waals surface area contributed by atoms with Crippen LogP contribution in [0.2, 0.25) is 0 Å². The second-order valence-corrected chi connectivity index (χ2v) is 10.5. The van der Waals surface area contributed by atoms with Crippen molar-refractivity contribution in [2.75, 3.05) is 27.4 Å². The number of aromatic nitrogens is 1. The van der Waals surface area contributed by atoms with Gasteiger partial charge >= 0.3 is 11.9 Å². The monoisotopic (exact) mass is 602 g/mol. The predicted molar refractivity (Wildman–Crippen MR) is 160 cm³/mol. The molecule has 0 aliphatic carbocycles. The van der Waals surface area contributed by atoms with Gasteiger partial charge in [-0.2, -0.15) is 0 Å². The van der Waals surface area contributed by atoms with Crippen molar-refractivity contribution in [1.29, 1.82) is 0 Å². The summed E-state index contributed by atoms with van der Waals surface area (Å²) in [5.74, 6) is 1.09. The number of nitrogens with zero attached hydrogens (tertiary/aromatic N) is 2. The van der Waals surface area contributed by atoms with Crippen molar-refractivity contribution in [1.82, 2.24) is 4.57 Å². The van der Waals surface area contributed by atoms with Crippen LogP contribution < -0.4 is 24.4 Å². The van der Waals surface area contributed by atoms with E-state index in [1.165, 1.54) is 36.3 Å². The van der Waals surface area contributed by atoms with E-state index in [2.05, 4.69) is 4.99 Å². The zero-order valence-electron chi connectivity index (χ0n) is 24.3. The van der Waals surface area contributed by atoms with E-state index in [-0.39, 0.29) is 11.1 Å². The van der Waals surface area contributed by atoms with Gasteiger partial charge < -0.3 is 23.4 Å². The Morgan fingerprint density at radius 3 is 2.42 bits per heavy atom. The van der Waals surface area contributed by atoms with E-state index < -0.39 is 18.0 Å². The summed E-state index contributed by atoms with van der Waals surface area (Å²) < 4.78 is 29.3. The Kier molecular flexibility index (Phi) is 8.63. The predicted octanol–water partition coefficient (Wildman–Crippen LogP) is 4.17. The molecule has 4 aromatic rings. The highest BCUT2D eigenvalue weighted by atomic mass is 32.1. The number of ether oxygens (including phenoxy) is 4. The summed E-state index contributed by atoms with van der Waals surface area (Å²) >= 11 is 1.18. The smallest absolute Gasteiger partial charge is 0.337 e. The van der Waals surface area contributed by atoms with Gasteiger partial charge in [0.05, 0.1) is 49.1 Å². The minimum absolute atomic E-state index is 0.208. The summed E-state index contributed by atoms with van der Waals surface area (Å²) in [7, 11) is 2.62. The van der Waals surface area contributed by atoms with Gasteiger partial charge in [0.15, 0.2) is 16.3 Å². The fraction of sp³-hybridized carbons (Fsp3) is 0.250. The maximum absolute atomic E-state index is 13.9. The summed E-state index contributed by atoms with van der Waals surface area (Å²) in [6.45, 7) is 6.48. The molecule has 1 aliphatic heterocycles. The Hall–Kier alpha value is -4.90. The van der Waals surface area contributed by atoms with E-state index in [1.807, 2.05) is 20.8 Å². The highest BCUT2D eigenvalue weighted by molar-refractivity contribution is 7.07. The van der Waals surface area contributed by atoms with Gasteiger partial charge in [0.1, 0.15) is 11.5 Å². The molecule has 0 spiro atoms. The topological polar surface area (TPSA) is 119 Å². The highest BCUT2D eigenvalue weighted by Crippen LogP contribution is 2.35. The van der Waals surface area contributed by atoms with Gasteiger partial charge in [-0.05, 0) is 68.3 Å². The number of methoxy groups -OCH3 is 2. The van der Waals surface area contributed by atoms with Crippen LogP contribution in [0.25, 0.3) is 17.4 Å². The SMILES string of the molecule is CCOc1ccc([C@H]2C(C(=O)OC)=CN=c3s/c(=C\c4ccc(-c5ccc(C(=O)OC)cc5C)o4)c(=O)n32)cc1OCC. The van der Waals surface area contributed by atoms with Crippen molar-refractivity contribution in [2.45, 2.75) is 26.8 Å². The van der Waals surface area contributed by atoms with Crippen molar-refractivity contribution in [3.05, 3.63) is 102 Å². The number of hydrogen-bond donors (Lipinski definition) is 0. The molecule has 0 unspecified atom stereocenters. The van der Waals surface area contributed by atoms with Crippen LogP contribution in [-0.2, 0) is 14.3 Å². The number of rotatable bonds is 9. The molecule has 0 saturated carbocycles. The van der Waals surface area contributed by atoms with E-state index in [1.54, 1.807) is 54.6 Å². The van der Waals surface area contributed by atoms with E-state index in [4.69, 9.17) is 23.4 Å². The van der Waals surface area contributed by atoms with E-state index in [9.17, 15) is 14.4 Å². The average molecular weight is 603 g/mol.